The lowest BCUT2D eigenvalue weighted by atomic mass is 10.3. The van der Waals surface area contributed by atoms with E-state index in [9.17, 15) is 9.59 Å². The molecule has 1 N–H and O–H groups in total. The number of carboxylic acids is 1. The Labute approximate surface area is 84.4 Å². The Morgan fingerprint density at radius 1 is 1.53 bits per heavy atom. The number of aromatic nitrogens is 3. The van der Waals surface area contributed by atoms with Gasteiger partial charge in [-0.1, -0.05) is 0 Å². The molecule has 78 valence electrons. The SMILES string of the molecule is Cn1c(=O)ccc2nc(CC(=O)O)cn21. The molecule has 0 aliphatic rings. The number of imidazole rings is 1. The molecule has 2 aromatic rings. The Bertz CT molecular complexity index is 582. The van der Waals surface area contributed by atoms with Crippen molar-refractivity contribution in [3.63, 3.8) is 0 Å². The maximum atomic E-state index is 11.3. The summed E-state index contributed by atoms with van der Waals surface area (Å²) in [6.45, 7) is 0. The van der Waals surface area contributed by atoms with E-state index in [4.69, 9.17) is 5.11 Å². The van der Waals surface area contributed by atoms with Crippen LogP contribution in [0.3, 0.4) is 0 Å². The fourth-order valence-electron chi connectivity index (χ4n) is 1.39. The van der Waals surface area contributed by atoms with Gasteiger partial charge >= 0.3 is 5.97 Å². The second-order valence-corrected chi connectivity index (χ2v) is 3.20. The van der Waals surface area contributed by atoms with Crippen LogP contribution >= 0.6 is 0 Å². The topological polar surface area (TPSA) is 76.6 Å². The van der Waals surface area contributed by atoms with E-state index in [1.54, 1.807) is 19.3 Å². The highest BCUT2D eigenvalue weighted by molar-refractivity contribution is 5.69. The van der Waals surface area contributed by atoms with Crippen LogP contribution in [0, 0.1) is 0 Å². The zero-order chi connectivity index (χ0) is 11.0. The lowest BCUT2D eigenvalue weighted by molar-refractivity contribution is -0.136. The number of hydrogen-bond acceptors (Lipinski definition) is 3. The van der Waals surface area contributed by atoms with E-state index in [0.717, 1.165) is 0 Å². The molecule has 0 fully saturated rings. The molecule has 2 rings (SSSR count). The molecule has 0 aliphatic heterocycles. The highest BCUT2D eigenvalue weighted by Gasteiger charge is 2.07. The average Bonchev–Trinajstić information content (AvgIpc) is 2.54. The smallest absolute Gasteiger partial charge is 0.309 e. The van der Waals surface area contributed by atoms with Gasteiger partial charge in [-0.2, -0.15) is 0 Å². The van der Waals surface area contributed by atoms with Crippen LogP contribution in [0.4, 0.5) is 0 Å². The number of fused-ring (bicyclic) bond motifs is 1. The third-order valence-corrected chi connectivity index (χ3v) is 2.11. The minimum Gasteiger partial charge on any atom is -0.481 e. The summed E-state index contributed by atoms with van der Waals surface area (Å²) in [5.41, 5.74) is 0.832. The first kappa shape index (κ1) is 9.45. The van der Waals surface area contributed by atoms with Crippen LogP contribution in [-0.4, -0.2) is 25.3 Å². The van der Waals surface area contributed by atoms with Crippen molar-refractivity contribution in [3.05, 3.63) is 34.4 Å². The summed E-state index contributed by atoms with van der Waals surface area (Å²) >= 11 is 0. The van der Waals surface area contributed by atoms with Gasteiger partial charge in [-0.05, 0) is 6.07 Å². The molecule has 0 spiro atoms. The zero-order valence-corrected chi connectivity index (χ0v) is 8.04. The van der Waals surface area contributed by atoms with Crippen molar-refractivity contribution in [2.75, 3.05) is 0 Å². The third-order valence-electron chi connectivity index (χ3n) is 2.11. The van der Waals surface area contributed by atoms with E-state index in [-0.39, 0.29) is 12.0 Å². The third kappa shape index (κ3) is 1.61. The van der Waals surface area contributed by atoms with Gasteiger partial charge in [0.1, 0.15) is 0 Å². The van der Waals surface area contributed by atoms with Crippen LogP contribution < -0.4 is 5.56 Å². The second-order valence-electron chi connectivity index (χ2n) is 3.20. The molecule has 0 unspecified atom stereocenters. The largest absolute Gasteiger partial charge is 0.481 e. The molecule has 6 heteroatoms. The van der Waals surface area contributed by atoms with Gasteiger partial charge in [0, 0.05) is 13.1 Å². The molecule has 15 heavy (non-hydrogen) atoms. The van der Waals surface area contributed by atoms with Crippen LogP contribution in [0.15, 0.2) is 23.1 Å². The Morgan fingerprint density at radius 3 is 2.93 bits per heavy atom. The maximum absolute atomic E-state index is 11.3. The summed E-state index contributed by atoms with van der Waals surface area (Å²) in [5, 5.41) is 8.60. The summed E-state index contributed by atoms with van der Waals surface area (Å²) in [5.74, 6) is -0.941. The van der Waals surface area contributed by atoms with Gasteiger partial charge in [0.05, 0.1) is 18.3 Å². The minimum absolute atomic E-state index is 0.143. The molecule has 0 saturated carbocycles. The fourth-order valence-corrected chi connectivity index (χ4v) is 1.39. The first-order valence-corrected chi connectivity index (χ1v) is 4.34. The Morgan fingerprint density at radius 2 is 2.27 bits per heavy atom. The number of carboxylic acid groups (broad SMARTS) is 1. The summed E-state index contributed by atoms with van der Waals surface area (Å²) in [4.78, 5) is 25.8. The van der Waals surface area contributed by atoms with Crippen molar-refractivity contribution in [2.24, 2.45) is 7.05 Å². The summed E-state index contributed by atoms with van der Waals surface area (Å²) in [6, 6.07) is 2.96. The Hall–Kier alpha value is -2.11. The second kappa shape index (κ2) is 3.23. The van der Waals surface area contributed by atoms with E-state index < -0.39 is 5.97 Å². The molecule has 0 bridgehead atoms. The number of nitrogens with zero attached hydrogens (tertiary/aromatic N) is 3. The first-order valence-electron chi connectivity index (χ1n) is 4.34. The summed E-state index contributed by atoms with van der Waals surface area (Å²) in [7, 11) is 1.60. The van der Waals surface area contributed by atoms with Crippen molar-refractivity contribution in [2.45, 2.75) is 6.42 Å². The first-order chi connectivity index (χ1) is 7.08. The van der Waals surface area contributed by atoms with Crippen LogP contribution in [-0.2, 0) is 18.3 Å². The van der Waals surface area contributed by atoms with Gasteiger partial charge in [0.2, 0.25) is 0 Å². The van der Waals surface area contributed by atoms with Crippen LogP contribution in [0.1, 0.15) is 5.69 Å². The predicted octanol–water partition coefficient (Wildman–Crippen LogP) is -0.340. The van der Waals surface area contributed by atoms with Crippen molar-refractivity contribution in [1.29, 1.82) is 0 Å². The van der Waals surface area contributed by atoms with Gasteiger partial charge in [-0.3, -0.25) is 9.59 Å². The van der Waals surface area contributed by atoms with Crippen LogP contribution in [0.2, 0.25) is 0 Å². The van der Waals surface area contributed by atoms with Gasteiger partial charge < -0.3 is 5.11 Å². The van der Waals surface area contributed by atoms with Gasteiger partial charge in [-0.25, -0.2) is 14.2 Å². The molecule has 0 saturated heterocycles. The van der Waals surface area contributed by atoms with E-state index in [0.29, 0.717) is 11.3 Å². The molecule has 0 amide bonds. The highest BCUT2D eigenvalue weighted by atomic mass is 16.4. The Kier molecular flexibility index (Phi) is 2.03. The number of rotatable bonds is 2. The molecule has 0 atom stereocenters. The standard InChI is InChI=1S/C9H9N3O3/c1-11-8(13)3-2-7-10-6(4-9(14)15)5-12(7)11/h2-3,5H,4H2,1H3,(H,14,15). The molecular weight excluding hydrogens is 198 g/mol. The molecule has 2 heterocycles. The normalized spacial score (nSPS) is 10.7. The van der Waals surface area contributed by atoms with E-state index in [1.165, 1.54) is 15.3 Å². The van der Waals surface area contributed by atoms with E-state index >= 15 is 0 Å². The summed E-state index contributed by atoms with van der Waals surface area (Å²) < 4.78 is 2.90. The molecular formula is C9H9N3O3. The van der Waals surface area contributed by atoms with E-state index in [2.05, 4.69) is 4.98 Å². The maximum Gasteiger partial charge on any atom is 0.309 e. The van der Waals surface area contributed by atoms with Gasteiger partial charge in [-0.15, -0.1) is 0 Å². The molecule has 2 aromatic heterocycles. The highest BCUT2D eigenvalue weighted by Crippen LogP contribution is 2.02. The molecule has 6 nitrogen and oxygen atoms in total. The van der Waals surface area contributed by atoms with Crippen LogP contribution in [0.5, 0.6) is 0 Å². The lowest BCUT2D eigenvalue weighted by Crippen LogP contribution is -2.20. The number of carbonyl (C=O) groups is 1. The van der Waals surface area contributed by atoms with Gasteiger partial charge in [0.25, 0.3) is 5.56 Å². The fraction of sp³-hybridized carbons (Fsp3) is 0.222. The zero-order valence-electron chi connectivity index (χ0n) is 8.04. The van der Waals surface area contributed by atoms with Crippen molar-refractivity contribution in [3.8, 4) is 0 Å². The number of aryl methyl sites for hydroxylation is 1. The average molecular weight is 207 g/mol. The van der Waals surface area contributed by atoms with Crippen molar-refractivity contribution >= 4 is 11.6 Å². The van der Waals surface area contributed by atoms with E-state index in [1.807, 2.05) is 0 Å². The van der Waals surface area contributed by atoms with Gasteiger partial charge in [0.15, 0.2) is 5.65 Å². The molecule has 0 radical (unpaired) electrons. The quantitative estimate of drug-likeness (QED) is 0.730. The lowest BCUT2D eigenvalue weighted by Gasteiger charge is -1.99. The Balaban J connectivity index is 2.61. The number of hydrogen-bond donors (Lipinski definition) is 1. The molecule has 0 aromatic carbocycles. The van der Waals surface area contributed by atoms with Crippen molar-refractivity contribution < 1.29 is 9.90 Å². The predicted molar refractivity (Wildman–Crippen MR) is 51.8 cm³/mol. The number of aliphatic carboxylic acids is 1. The van der Waals surface area contributed by atoms with Crippen LogP contribution in [0.25, 0.3) is 5.65 Å². The van der Waals surface area contributed by atoms with Crippen molar-refractivity contribution in [1.82, 2.24) is 14.2 Å². The monoisotopic (exact) mass is 207 g/mol. The minimum atomic E-state index is -0.941. The summed E-state index contributed by atoms with van der Waals surface area (Å²) in [6.07, 6.45) is 1.40. The molecule has 0 aliphatic carbocycles.